The number of rotatable bonds is 4. The van der Waals surface area contributed by atoms with Gasteiger partial charge in [0.2, 0.25) is 0 Å². The normalized spacial score (nSPS) is 12.4. The molecule has 3 aromatic rings. The molecule has 3 rings (SSSR count). The summed E-state index contributed by atoms with van der Waals surface area (Å²) >= 11 is 0. The van der Waals surface area contributed by atoms with Crippen molar-refractivity contribution in [2.24, 2.45) is 0 Å². The maximum absolute atomic E-state index is 10.2. The summed E-state index contributed by atoms with van der Waals surface area (Å²) in [4.78, 5) is 10.2. The molecule has 0 aromatic heterocycles. The van der Waals surface area contributed by atoms with Crippen LogP contribution in [0.4, 0.5) is 0 Å². The van der Waals surface area contributed by atoms with Crippen LogP contribution in [-0.4, -0.2) is 21.3 Å². The van der Waals surface area contributed by atoms with Gasteiger partial charge in [-0.3, -0.25) is 0 Å². The molecule has 0 aliphatic carbocycles. The van der Waals surface area contributed by atoms with Crippen LogP contribution in [0.1, 0.15) is 33.7 Å². The van der Waals surface area contributed by atoms with Crippen molar-refractivity contribution in [2.45, 2.75) is 12.2 Å². The highest BCUT2D eigenvalue weighted by Crippen LogP contribution is 2.27. The Balaban J connectivity index is 0.000000212. The predicted molar refractivity (Wildman–Crippen MR) is 96.2 cm³/mol. The van der Waals surface area contributed by atoms with E-state index >= 15 is 0 Å². The number of aromatic carboxylic acids is 1. The van der Waals surface area contributed by atoms with E-state index in [-0.39, 0.29) is 0 Å². The molecular formula is C21H20O4. The van der Waals surface area contributed by atoms with Crippen molar-refractivity contribution in [1.29, 1.82) is 0 Å². The molecule has 128 valence electrons. The van der Waals surface area contributed by atoms with Crippen molar-refractivity contribution in [2.75, 3.05) is 0 Å². The van der Waals surface area contributed by atoms with Crippen molar-refractivity contribution in [3.8, 4) is 0 Å². The number of hydrogen-bond acceptors (Lipinski definition) is 3. The summed E-state index contributed by atoms with van der Waals surface area (Å²) in [5, 5.41) is 28.4. The first-order valence-electron chi connectivity index (χ1n) is 7.84. The summed E-state index contributed by atoms with van der Waals surface area (Å²) in [6.45, 7) is 0. The fourth-order valence-electron chi connectivity index (χ4n) is 2.25. The third-order valence-electron chi connectivity index (χ3n) is 3.60. The molecule has 4 nitrogen and oxygen atoms in total. The predicted octanol–water partition coefficient (Wildman–Crippen LogP) is 3.84. The number of carboxylic acid groups (broad SMARTS) is 1. The molecular weight excluding hydrogens is 316 g/mol. The van der Waals surface area contributed by atoms with E-state index in [4.69, 9.17) is 5.11 Å². The summed E-state index contributed by atoms with van der Waals surface area (Å²) < 4.78 is 0. The molecule has 4 heteroatoms. The minimum atomic E-state index is -0.886. The van der Waals surface area contributed by atoms with E-state index < -0.39 is 18.2 Å². The first-order chi connectivity index (χ1) is 12.1. The topological polar surface area (TPSA) is 77.8 Å². The van der Waals surface area contributed by atoms with Gasteiger partial charge < -0.3 is 15.3 Å². The van der Waals surface area contributed by atoms with E-state index in [1.54, 1.807) is 54.6 Å². The third kappa shape index (κ3) is 5.57. The lowest BCUT2D eigenvalue weighted by Crippen LogP contribution is -2.09. The zero-order valence-electron chi connectivity index (χ0n) is 13.6. The Hall–Kier alpha value is -2.95. The molecule has 0 aliphatic rings. The maximum atomic E-state index is 10.2. The van der Waals surface area contributed by atoms with E-state index in [0.717, 1.165) is 11.1 Å². The fourth-order valence-corrected chi connectivity index (χ4v) is 2.25. The number of aliphatic hydroxyl groups excluding tert-OH is 2. The highest BCUT2D eigenvalue weighted by molar-refractivity contribution is 5.87. The number of carboxylic acids is 1. The molecule has 25 heavy (non-hydrogen) atoms. The Morgan fingerprint density at radius 2 is 0.920 bits per heavy atom. The van der Waals surface area contributed by atoms with Crippen molar-refractivity contribution in [3.63, 3.8) is 0 Å². The van der Waals surface area contributed by atoms with Crippen LogP contribution in [0.5, 0.6) is 0 Å². The second-order valence-electron chi connectivity index (χ2n) is 5.38. The van der Waals surface area contributed by atoms with Crippen molar-refractivity contribution >= 4 is 5.97 Å². The highest BCUT2D eigenvalue weighted by Gasteiger charge is 2.19. The van der Waals surface area contributed by atoms with E-state index in [0.29, 0.717) is 5.56 Å². The van der Waals surface area contributed by atoms with Gasteiger partial charge >= 0.3 is 5.97 Å². The smallest absolute Gasteiger partial charge is 0.335 e. The number of hydrogen-bond donors (Lipinski definition) is 3. The molecule has 2 atom stereocenters. The molecule has 3 N–H and O–H groups in total. The average Bonchev–Trinajstić information content (AvgIpc) is 2.69. The van der Waals surface area contributed by atoms with Gasteiger partial charge in [-0.05, 0) is 23.3 Å². The van der Waals surface area contributed by atoms with Gasteiger partial charge in [-0.2, -0.15) is 0 Å². The van der Waals surface area contributed by atoms with E-state index in [1.165, 1.54) is 0 Å². The zero-order chi connectivity index (χ0) is 18.1. The van der Waals surface area contributed by atoms with Gasteiger partial charge in [0.1, 0.15) is 12.2 Å². The van der Waals surface area contributed by atoms with Gasteiger partial charge in [0.05, 0.1) is 5.56 Å². The van der Waals surface area contributed by atoms with Crippen molar-refractivity contribution < 1.29 is 20.1 Å². The molecule has 3 aromatic carbocycles. The van der Waals surface area contributed by atoms with Crippen LogP contribution in [0.3, 0.4) is 0 Å². The maximum Gasteiger partial charge on any atom is 0.335 e. The van der Waals surface area contributed by atoms with Crippen molar-refractivity contribution in [1.82, 2.24) is 0 Å². The lowest BCUT2D eigenvalue weighted by molar-refractivity contribution is 0.0172. The fraction of sp³-hybridized carbons (Fsp3) is 0.0952. The van der Waals surface area contributed by atoms with E-state index in [1.807, 2.05) is 36.4 Å². The molecule has 0 radical (unpaired) electrons. The van der Waals surface area contributed by atoms with Gasteiger partial charge in [-0.25, -0.2) is 4.79 Å². The summed E-state index contributed by atoms with van der Waals surface area (Å²) in [6, 6.07) is 26.6. The molecule has 0 saturated heterocycles. The lowest BCUT2D eigenvalue weighted by atomic mass is 9.99. The van der Waals surface area contributed by atoms with Crippen LogP contribution in [0.25, 0.3) is 0 Å². The average molecular weight is 336 g/mol. The molecule has 0 fully saturated rings. The van der Waals surface area contributed by atoms with E-state index in [2.05, 4.69) is 0 Å². The number of carbonyl (C=O) groups is 1. The highest BCUT2D eigenvalue weighted by atomic mass is 16.4. The third-order valence-corrected chi connectivity index (χ3v) is 3.60. The van der Waals surface area contributed by atoms with Crippen LogP contribution >= 0.6 is 0 Å². The molecule has 0 heterocycles. The van der Waals surface area contributed by atoms with Gasteiger partial charge in [-0.1, -0.05) is 78.9 Å². The minimum absolute atomic E-state index is 0.331. The van der Waals surface area contributed by atoms with Gasteiger partial charge in [0.25, 0.3) is 0 Å². The molecule has 0 bridgehead atoms. The van der Waals surface area contributed by atoms with Gasteiger partial charge in [0, 0.05) is 0 Å². The van der Waals surface area contributed by atoms with Crippen LogP contribution in [0, 0.1) is 0 Å². The molecule has 0 amide bonds. The van der Waals surface area contributed by atoms with Crippen LogP contribution in [0.15, 0.2) is 91.0 Å². The number of benzene rings is 3. The summed E-state index contributed by atoms with van der Waals surface area (Å²) in [5.41, 5.74) is 1.77. The Morgan fingerprint density at radius 3 is 1.20 bits per heavy atom. The Morgan fingerprint density at radius 1 is 0.600 bits per heavy atom. The second-order valence-corrected chi connectivity index (χ2v) is 5.38. The first-order valence-corrected chi connectivity index (χ1v) is 7.84. The second kappa shape index (κ2) is 9.37. The SMILES string of the molecule is O=C(O)c1ccccc1.OC(c1ccccc1)C(O)c1ccccc1. The Bertz CT molecular complexity index is 714. The molecule has 0 spiro atoms. The first kappa shape index (κ1) is 18.4. The van der Waals surface area contributed by atoms with Gasteiger partial charge in [-0.15, -0.1) is 0 Å². The minimum Gasteiger partial charge on any atom is -0.478 e. The Kier molecular flexibility index (Phi) is 6.89. The lowest BCUT2D eigenvalue weighted by Gasteiger charge is -2.18. The van der Waals surface area contributed by atoms with Crippen LogP contribution in [-0.2, 0) is 0 Å². The van der Waals surface area contributed by atoms with E-state index in [9.17, 15) is 15.0 Å². The van der Waals surface area contributed by atoms with Crippen LogP contribution < -0.4 is 0 Å². The monoisotopic (exact) mass is 336 g/mol. The van der Waals surface area contributed by atoms with Crippen molar-refractivity contribution in [3.05, 3.63) is 108 Å². The zero-order valence-corrected chi connectivity index (χ0v) is 13.6. The quantitative estimate of drug-likeness (QED) is 0.676. The summed E-state index contributed by atoms with van der Waals surface area (Å²) in [7, 11) is 0. The molecule has 2 unspecified atom stereocenters. The summed E-state index contributed by atoms with van der Waals surface area (Å²) in [6.07, 6.45) is -1.77. The largest absolute Gasteiger partial charge is 0.478 e. The molecule has 0 saturated carbocycles. The molecule has 0 aliphatic heterocycles. The number of aliphatic hydroxyl groups is 2. The summed E-state index contributed by atoms with van der Waals surface area (Å²) in [5.74, 6) is -0.879. The standard InChI is InChI=1S/C14H14O2.C7H6O2/c15-13(11-7-3-1-4-8-11)14(16)12-9-5-2-6-10-12;8-7(9)6-4-2-1-3-5-6/h1-10,13-16H;1-5H,(H,8,9). The van der Waals surface area contributed by atoms with Gasteiger partial charge in [0.15, 0.2) is 0 Å². The Labute approximate surface area is 146 Å². The van der Waals surface area contributed by atoms with Crippen LogP contribution in [0.2, 0.25) is 0 Å².